The average Bonchev–Trinajstić information content (AvgIpc) is 3.41. The predicted molar refractivity (Wildman–Crippen MR) is 125 cm³/mol. The summed E-state index contributed by atoms with van der Waals surface area (Å²) in [5, 5.41) is 6.26. The smallest absolute Gasteiger partial charge is 0.250 e. The Balaban J connectivity index is 1.54. The Hall–Kier alpha value is -3.52. The van der Waals surface area contributed by atoms with Crippen molar-refractivity contribution in [2.75, 3.05) is 11.9 Å². The minimum atomic E-state index is -1.35. The van der Waals surface area contributed by atoms with Crippen LogP contribution >= 0.6 is 0 Å². The summed E-state index contributed by atoms with van der Waals surface area (Å²) in [6.45, 7) is 2.27. The number of fused-ring (bicyclic) bond motifs is 4. The maximum Gasteiger partial charge on any atom is 0.250 e. The molecule has 34 heavy (non-hydrogen) atoms. The van der Waals surface area contributed by atoms with Gasteiger partial charge in [0.05, 0.1) is 11.8 Å². The third-order valence-electron chi connectivity index (χ3n) is 7.45. The minimum Gasteiger partial charge on any atom is -0.370 e. The number of primary amides is 1. The number of nitrogens with two attached hydrogens (primary N) is 1. The number of carbonyl (C=O) groups is 4. The Morgan fingerprint density at radius 3 is 2.53 bits per heavy atom. The first kappa shape index (κ1) is 22.3. The molecule has 3 aliphatic heterocycles. The zero-order valence-corrected chi connectivity index (χ0v) is 19.0. The van der Waals surface area contributed by atoms with Gasteiger partial charge in [-0.1, -0.05) is 49.4 Å². The van der Waals surface area contributed by atoms with E-state index in [0.717, 1.165) is 17.5 Å². The van der Waals surface area contributed by atoms with Crippen molar-refractivity contribution in [3.05, 3.63) is 65.2 Å². The highest BCUT2D eigenvalue weighted by Gasteiger charge is 2.70. The monoisotopic (exact) mass is 460 g/mol. The molecule has 0 saturated carbocycles. The van der Waals surface area contributed by atoms with Gasteiger partial charge in [-0.2, -0.15) is 0 Å². The number of nitrogens with one attached hydrogen (secondary N) is 2. The third kappa shape index (κ3) is 3.32. The Morgan fingerprint density at radius 1 is 1.06 bits per heavy atom. The molecule has 4 atom stereocenters. The van der Waals surface area contributed by atoms with E-state index in [9.17, 15) is 19.2 Å². The highest BCUT2D eigenvalue weighted by molar-refractivity contribution is 6.15. The highest BCUT2D eigenvalue weighted by Crippen LogP contribution is 2.53. The molecular formula is C26H28N4O4. The third-order valence-corrected chi connectivity index (χ3v) is 7.45. The van der Waals surface area contributed by atoms with Crippen LogP contribution in [0.2, 0.25) is 0 Å². The van der Waals surface area contributed by atoms with Crippen molar-refractivity contribution >= 4 is 29.3 Å². The first-order chi connectivity index (χ1) is 16.4. The number of hydrogen-bond acceptors (Lipinski definition) is 5. The molecule has 3 aliphatic rings. The quantitative estimate of drug-likeness (QED) is 0.541. The van der Waals surface area contributed by atoms with E-state index in [1.54, 1.807) is 0 Å². The topological polar surface area (TPSA) is 122 Å². The lowest BCUT2D eigenvalue weighted by molar-refractivity contribution is -0.142. The molecular weight excluding hydrogens is 432 g/mol. The summed E-state index contributed by atoms with van der Waals surface area (Å²) in [7, 11) is 0. The fourth-order valence-corrected chi connectivity index (χ4v) is 5.78. The molecule has 0 unspecified atom stereocenters. The van der Waals surface area contributed by atoms with Crippen LogP contribution in [0.4, 0.5) is 5.69 Å². The molecule has 8 heteroatoms. The van der Waals surface area contributed by atoms with Crippen molar-refractivity contribution in [3.63, 3.8) is 0 Å². The number of carbonyl (C=O) groups excluding carboxylic acids is 4. The minimum absolute atomic E-state index is 0.0614. The molecule has 3 heterocycles. The number of aryl methyl sites for hydroxylation is 1. The van der Waals surface area contributed by atoms with Gasteiger partial charge in [0.15, 0.2) is 0 Å². The average molecular weight is 461 g/mol. The van der Waals surface area contributed by atoms with Crippen LogP contribution in [0.5, 0.6) is 0 Å². The molecule has 0 aliphatic carbocycles. The largest absolute Gasteiger partial charge is 0.370 e. The van der Waals surface area contributed by atoms with E-state index in [-0.39, 0.29) is 37.1 Å². The van der Waals surface area contributed by atoms with Crippen LogP contribution in [0.15, 0.2) is 48.5 Å². The molecule has 0 aromatic heterocycles. The standard InChI is InChI=1S/C26H28N4O4/c1-2-15-8-9-18-17(14-15)26(25(34)28-18)22-21(19(29-26)10-11-20(27)31)23(32)30(24(22)33)13-12-16-6-4-3-5-7-16/h3-9,14,19,21-22,29H,2,10-13H2,1H3,(H2,27,31)(H,28,34)/t19-,21-,22-,26+/m1/s1. The van der Waals surface area contributed by atoms with Crippen LogP contribution in [0.3, 0.4) is 0 Å². The molecule has 2 aromatic carbocycles. The molecule has 2 fully saturated rings. The van der Waals surface area contributed by atoms with Crippen LogP contribution < -0.4 is 16.4 Å². The van der Waals surface area contributed by atoms with Crippen molar-refractivity contribution < 1.29 is 19.2 Å². The van der Waals surface area contributed by atoms with E-state index in [1.165, 1.54) is 4.90 Å². The molecule has 0 radical (unpaired) electrons. The molecule has 4 amide bonds. The predicted octanol–water partition coefficient (Wildman–Crippen LogP) is 1.48. The van der Waals surface area contributed by atoms with Crippen molar-refractivity contribution in [1.82, 2.24) is 10.2 Å². The normalized spacial score (nSPS) is 27.3. The van der Waals surface area contributed by atoms with Gasteiger partial charge in [-0.25, -0.2) is 0 Å². The zero-order chi connectivity index (χ0) is 24.0. The molecule has 0 bridgehead atoms. The second kappa shape index (κ2) is 8.36. The maximum atomic E-state index is 13.8. The summed E-state index contributed by atoms with van der Waals surface area (Å²) < 4.78 is 0. The van der Waals surface area contributed by atoms with E-state index in [0.29, 0.717) is 17.7 Å². The van der Waals surface area contributed by atoms with Crippen LogP contribution in [-0.4, -0.2) is 41.1 Å². The van der Waals surface area contributed by atoms with Gasteiger partial charge >= 0.3 is 0 Å². The van der Waals surface area contributed by atoms with Crippen molar-refractivity contribution in [1.29, 1.82) is 0 Å². The molecule has 176 valence electrons. The number of nitrogens with zero attached hydrogens (tertiary/aromatic N) is 1. The van der Waals surface area contributed by atoms with Gasteiger partial charge in [0.25, 0.3) is 0 Å². The van der Waals surface area contributed by atoms with Gasteiger partial charge in [-0.15, -0.1) is 0 Å². The van der Waals surface area contributed by atoms with Gasteiger partial charge in [-0.05, 0) is 36.5 Å². The number of amides is 4. The number of hydrogen-bond donors (Lipinski definition) is 3. The summed E-state index contributed by atoms with van der Waals surface area (Å²) in [5.41, 5.74) is 7.44. The lowest BCUT2D eigenvalue weighted by Gasteiger charge is -2.29. The second-order valence-corrected chi connectivity index (χ2v) is 9.32. The first-order valence-corrected chi connectivity index (χ1v) is 11.8. The lowest BCUT2D eigenvalue weighted by atomic mass is 9.76. The molecule has 2 aromatic rings. The maximum absolute atomic E-state index is 13.8. The Morgan fingerprint density at radius 2 is 1.82 bits per heavy atom. The Bertz CT molecular complexity index is 1180. The zero-order valence-electron chi connectivity index (χ0n) is 19.0. The molecule has 5 rings (SSSR count). The van der Waals surface area contributed by atoms with Gasteiger partial charge < -0.3 is 11.1 Å². The highest BCUT2D eigenvalue weighted by atomic mass is 16.2. The lowest BCUT2D eigenvalue weighted by Crippen LogP contribution is -2.53. The number of rotatable bonds is 7. The molecule has 1 spiro atoms. The van der Waals surface area contributed by atoms with Gasteiger partial charge in [0, 0.05) is 30.3 Å². The van der Waals surface area contributed by atoms with Crippen molar-refractivity contribution in [2.24, 2.45) is 17.6 Å². The summed E-state index contributed by atoms with van der Waals surface area (Å²) in [4.78, 5) is 53.6. The molecule has 8 nitrogen and oxygen atoms in total. The molecule has 2 saturated heterocycles. The summed E-state index contributed by atoms with van der Waals surface area (Å²) in [5.74, 6) is -3.06. The number of likely N-dealkylation sites (tertiary alicyclic amines) is 1. The van der Waals surface area contributed by atoms with E-state index >= 15 is 0 Å². The van der Waals surface area contributed by atoms with Crippen LogP contribution in [-0.2, 0) is 37.6 Å². The number of imide groups is 1. The van der Waals surface area contributed by atoms with Crippen molar-refractivity contribution in [3.8, 4) is 0 Å². The van der Waals surface area contributed by atoms with Crippen LogP contribution in [0.25, 0.3) is 0 Å². The summed E-state index contributed by atoms with van der Waals surface area (Å²) in [6, 6.07) is 14.9. The molecule has 4 N–H and O–H groups in total. The van der Waals surface area contributed by atoms with Crippen LogP contribution in [0, 0.1) is 11.8 Å². The van der Waals surface area contributed by atoms with Gasteiger partial charge in [-0.3, -0.25) is 29.4 Å². The second-order valence-electron chi connectivity index (χ2n) is 9.32. The van der Waals surface area contributed by atoms with Gasteiger partial charge in [0.2, 0.25) is 23.6 Å². The number of anilines is 1. The summed E-state index contributed by atoms with van der Waals surface area (Å²) in [6.07, 6.45) is 1.64. The Kier molecular flexibility index (Phi) is 5.48. The van der Waals surface area contributed by atoms with E-state index in [4.69, 9.17) is 5.73 Å². The van der Waals surface area contributed by atoms with E-state index in [2.05, 4.69) is 10.6 Å². The fraction of sp³-hybridized carbons (Fsp3) is 0.385. The first-order valence-electron chi connectivity index (χ1n) is 11.8. The van der Waals surface area contributed by atoms with Gasteiger partial charge in [0.1, 0.15) is 5.54 Å². The SMILES string of the molecule is CCc1ccc2c(c1)[C@@]1(N[C@H](CCC(N)=O)[C@H]3C(=O)N(CCc4ccccc4)C(=O)[C@@H]31)C(=O)N2. The van der Waals surface area contributed by atoms with E-state index in [1.807, 2.05) is 55.5 Å². The Labute approximate surface area is 197 Å². The number of benzene rings is 2. The van der Waals surface area contributed by atoms with Crippen LogP contribution in [0.1, 0.15) is 36.5 Å². The van der Waals surface area contributed by atoms with E-state index < -0.39 is 29.3 Å². The fourth-order valence-electron chi connectivity index (χ4n) is 5.78. The van der Waals surface area contributed by atoms with Crippen molar-refractivity contribution in [2.45, 2.75) is 44.2 Å². The summed E-state index contributed by atoms with van der Waals surface area (Å²) >= 11 is 0.